The van der Waals surface area contributed by atoms with Crippen molar-refractivity contribution >= 4 is 98.8 Å². The molecule has 0 atom stereocenters. The first-order valence-corrected chi connectivity index (χ1v) is 15.7. The van der Waals surface area contributed by atoms with Crippen LogP contribution in [0.1, 0.15) is 21.6 Å². The van der Waals surface area contributed by atoms with Crippen molar-refractivity contribution in [1.82, 2.24) is 24.5 Å². The van der Waals surface area contributed by atoms with E-state index in [0.29, 0.717) is 52.0 Å². The SMILES string of the molecule is Cc1nc2c(OCc3c(Cl)ccc(N(C)C(=O)CNC(=O)Nc4cccc(C(=O)N5CCN(C)CC5)c4)c3Cl)cccn2c1Br.Cl.Cl. The number of piperazine rings is 1. The molecule has 0 aliphatic carbocycles. The van der Waals surface area contributed by atoms with Crippen molar-refractivity contribution in [3.05, 3.63) is 86.2 Å². The standard InChI is InChI=1S/C31H32BrCl2N7O4.2ClH/c1-19-28(32)41-11-5-8-25(29(41)36-19)45-18-22-23(33)9-10-24(27(22)34)39(3)26(42)17-35-31(44)37-21-7-4-6-20(16-21)30(43)40-14-12-38(2)13-15-40;;/h4-11,16H,12-15,17-18H2,1-3H3,(H2,35,37,44);2*1H. The van der Waals surface area contributed by atoms with Gasteiger partial charge >= 0.3 is 6.03 Å². The number of amides is 4. The van der Waals surface area contributed by atoms with Gasteiger partial charge in [0, 0.05) is 61.3 Å². The molecule has 3 heterocycles. The van der Waals surface area contributed by atoms with E-state index in [-0.39, 0.29) is 48.9 Å². The number of rotatable bonds is 8. The highest BCUT2D eigenvalue weighted by Gasteiger charge is 2.22. The fourth-order valence-electron chi connectivity index (χ4n) is 4.87. The van der Waals surface area contributed by atoms with Crippen molar-refractivity contribution in [3.63, 3.8) is 0 Å². The summed E-state index contributed by atoms with van der Waals surface area (Å²) in [7, 11) is 3.58. The molecule has 0 saturated carbocycles. The Hall–Kier alpha value is -3.26. The summed E-state index contributed by atoms with van der Waals surface area (Å²) in [6.07, 6.45) is 1.87. The van der Waals surface area contributed by atoms with Gasteiger partial charge in [0.2, 0.25) is 5.91 Å². The van der Waals surface area contributed by atoms with E-state index < -0.39 is 11.9 Å². The predicted octanol–water partition coefficient (Wildman–Crippen LogP) is 6.31. The summed E-state index contributed by atoms with van der Waals surface area (Å²) in [6, 6.07) is 13.0. The summed E-state index contributed by atoms with van der Waals surface area (Å²) in [5.74, 6) is 0.0377. The number of pyridine rings is 1. The molecule has 5 rings (SSSR count). The van der Waals surface area contributed by atoms with Crippen molar-refractivity contribution in [2.24, 2.45) is 0 Å². The molecule has 0 spiro atoms. The number of aromatic nitrogens is 2. The van der Waals surface area contributed by atoms with Gasteiger partial charge in [-0.05, 0) is 72.4 Å². The smallest absolute Gasteiger partial charge is 0.319 e. The molecular weight excluding hydrogens is 756 g/mol. The van der Waals surface area contributed by atoms with Crippen LogP contribution in [-0.4, -0.2) is 83.8 Å². The molecule has 0 radical (unpaired) electrons. The molecular formula is C31H34BrCl4N7O4. The Labute approximate surface area is 303 Å². The van der Waals surface area contributed by atoms with Gasteiger partial charge in [0.1, 0.15) is 11.2 Å². The topological polar surface area (TPSA) is 112 Å². The first-order valence-electron chi connectivity index (χ1n) is 14.2. The monoisotopic (exact) mass is 787 g/mol. The molecule has 1 fully saturated rings. The fourth-order valence-corrected chi connectivity index (χ4v) is 5.85. The second-order valence-corrected chi connectivity index (χ2v) is 12.2. The second-order valence-electron chi connectivity index (χ2n) is 10.6. The number of carbonyl (C=O) groups excluding carboxylic acids is 3. The molecule has 4 amide bonds. The predicted molar refractivity (Wildman–Crippen MR) is 193 cm³/mol. The quantitative estimate of drug-likeness (QED) is 0.217. The van der Waals surface area contributed by atoms with Gasteiger partial charge in [-0.15, -0.1) is 24.8 Å². The lowest BCUT2D eigenvalue weighted by molar-refractivity contribution is -0.117. The molecule has 16 heteroatoms. The normalized spacial score (nSPS) is 12.9. The molecule has 1 aliphatic heterocycles. The number of nitrogens with one attached hydrogen (secondary N) is 2. The van der Waals surface area contributed by atoms with Crippen LogP contribution in [0.4, 0.5) is 16.2 Å². The number of benzene rings is 2. The van der Waals surface area contributed by atoms with Gasteiger partial charge in [-0.2, -0.15) is 0 Å². The van der Waals surface area contributed by atoms with Crippen molar-refractivity contribution in [2.75, 3.05) is 57.0 Å². The Morgan fingerprint density at radius 1 is 1.04 bits per heavy atom. The van der Waals surface area contributed by atoms with E-state index in [4.69, 9.17) is 27.9 Å². The average molecular weight is 790 g/mol. The number of hydrogen-bond acceptors (Lipinski definition) is 6. The van der Waals surface area contributed by atoms with E-state index in [9.17, 15) is 14.4 Å². The molecule has 1 aliphatic rings. The summed E-state index contributed by atoms with van der Waals surface area (Å²) in [4.78, 5) is 48.4. The van der Waals surface area contributed by atoms with Crippen molar-refractivity contribution < 1.29 is 19.1 Å². The largest absolute Gasteiger partial charge is 0.485 e. The maximum atomic E-state index is 13.0. The molecule has 2 aromatic heterocycles. The first kappa shape index (κ1) is 38.2. The minimum absolute atomic E-state index is 0. The Balaban J connectivity index is 0.00000300. The van der Waals surface area contributed by atoms with E-state index in [1.54, 1.807) is 54.4 Å². The minimum Gasteiger partial charge on any atom is -0.485 e. The van der Waals surface area contributed by atoms with E-state index in [1.807, 2.05) is 30.6 Å². The number of halogens is 5. The summed E-state index contributed by atoms with van der Waals surface area (Å²) in [6.45, 7) is 4.54. The first-order chi connectivity index (χ1) is 21.5. The molecule has 11 nitrogen and oxygen atoms in total. The van der Waals surface area contributed by atoms with Crippen LogP contribution in [0.5, 0.6) is 5.75 Å². The maximum absolute atomic E-state index is 13.0. The summed E-state index contributed by atoms with van der Waals surface area (Å²) >= 11 is 16.7. The zero-order chi connectivity index (χ0) is 32.2. The van der Waals surface area contributed by atoms with E-state index >= 15 is 0 Å². The van der Waals surface area contributed by atoms with Crippen LogP contribution in [0.25, 0.3) is 5.65 Å². The molecule has 4 aromatic rings. The lowest BCUT2D eigenvalue weighted by Crippen LogP contribution is -2.47. The number of aryl methyl sites for hydroxylation is 1. The van der Waals surface area contributed by atoms with Crippen LogP contribution in [0.2, 0.25) is 10.0 Å². The molecule has 252 valence electrons. The Kier molecular flexibility index (Phi) is 13.6. The molecule has 0 unspecified atom stereocenters. The zero-order valence-corrected chi connectivity index (χ0v) is 30.5. The van der Waals surface area contributed by atoms with Gasteiger partial charge in [0.05, 0.1) is 22.9 Å². The molecule has 47 heavy (non-hydrogen) atoms. The summed E-state index contributed by atoms with van der Waals surface area (Å²) in [5.41, 5.74) is 3.27. The fraction of sp³-hybridized carbons (Fsp3) is 0.290. The molecule has 1 saturated heterocycles. The third kappa shape index (κ3) is 8.81. The highest BCUT2D eigenvalue weighted by atomic mass is 79.9. The van der Waals surface area contributed by atoms with Gasteiger partial charge in [-0.1, -0.05) is 29.3 Å². The Morgan fingerprint density at radius 3 is 2.49 bits per heavy atom. The Bertz CT molecular complexity index is 1770. The maximum Gasteiger partial charge on any atom is 0.319 e. The number of fused-ring (bicyclic) bond motifs is 1. The van der Waals surface area contributed by atoms with Gasteiger partial charge in [0.25, 0.3) is 5.91 Å². The van der Waals surface area contributed by atoms with E-state index in [1.165, 1.54) is 4.90 Å². The van der Waals surface area contributed by atoms with Crippen molar-refractivity contribution in [2.45, 2.75) is 13.5 Å². The summed E-state index contributed by atoms with van der Waals surface area (Å²) < 4.78 is 8.75. The van der Waals surface area contributed by atoms with Crippen molar-refractivity contribution in [1.29, 1.82) is 0 Å². The third-order valence-corrected chi connectivity index (χ3v) is 9.28. The molecule has 0 bridgehead atoms. The second kappa shape index (κ2) is 16.7. The number of hydrogen-bond donors (Lipinski definition) is 2. The van der Waals surface area contributed by atoms with Crippen LogP contribution in [0, 0.1) is 6.92 Å². The molecule has 2 aromatic carbocycles. The third-order valence-electron chi connectivity index (χ3n) is 7.55. The van der Waals surface area contributed by atoms with Gasteiger partial charge in [0.15, 0.2) is 11.4 Å². The number of urea groups is 1. The van der Waals surface area contributed by atoms with E-state index in [0.717, 1.165) is 23.4 Å². The van der Waals surface area contributed by atoms with Crippen LogP contribution in [0.15, 0.2) is 59.3 Å². The van der Waals surface area contributed by atoms with Crippen LogP contribution in [-0.2, 0) is 11.4 Å². The number of imidazole rings is 1. The number of ether oxygens (including phenoxy) is 1. The van der Waals surface area contributed by atoms with Crippen LogP contribution in [0.3, 0.4) is 0 Å². The average Bonchev–Trinajstić information content (AvgIpc) is 3.33. The number of likely N-dealkylation sites (N-methyl/N-ethyl adjacent to an activating group) is 2. The number of anilines is 2. The lowest BCUT2D eigenvalue weighted by atomic mass is 10.1. The Morgan fingerprint density at radius 2 is 1.77 bits per heavy atom. The molecule has 2 N–H and O–H groups in total. The highest BCUT2D eigenvalue weighted by Crippen LogP contribution is 2.35. The summed E-state index contributed by atoms with van der Waals surface area (Å²) in [5, 5.41) is 5.88. The minimum atomic E-state index is -0.590. The lowest BCUT2D eigenvalue weighted by Gasteiger charge is -2.32. The van der Waals surface area contributed by atoms with Crippen molar-refractivity contribution in [3.8, 4) is 5.75 Å². The zero-order valence-electron chi connectivity index (χ0n) is 25.8. The van der Waals surface area contributed by atoms with Gasteiger partial charge < -0.3 is 30.1 Å². The van der Waals surface area contributed by atoms with E-state index in [2.05, 4.69) is 36.4 Å². The number of nitrogens with zero attached hydrogens (tertiary/aromatic N) is 5. The van der Waals surface area contributed by atoms with Crippen LogP contribution < -0.4 is 20.3 Å². The van der Waals surface area contributed by atoms with Crippen LogP contribution >= 0.6 is 63.9 Å². The van der Waals surface area contributed by atoms with Gasteiger partial charge in [-0.3, -0.25) is 14.0 Å². The number of carbonyl (C=O) groups is 3. The van der Waals surface area contributed by atoms with Gasteiger partial charge in [-0.25, -0.2) is 9.78 Å². The highest BCUT2D eigenvalue weighted by molar-refractivity contribution is 9.10.